The first-order valence-corrected chi connectivity index (χ1v) is 9.56. The van der Waals surface area contributed by atoms with Gasteiger partial charge in [0.05, 0.1) is 11.4 Å². The molecule has 3 heteroatoms. The Morgan fingerprint density at radius 1 is 1.24 bits per heavy atom. The van der Waals surface area contributed by atoms with Crippen molar-refractivity contribution < 1.29 is 0 Å². The zero-order chi connectivity index (χ0) is 17.7. The quantitative estimate of drug-likeness (QED) is 0.486. The van der Waals surface area contributed by atoms with Crippen molar-refractivity contribution in [3.8, 4) is 0 Å². The molecule has 130 valence electrons. The largest absolute Gasteiger partial charge is 0.258 e. The monoisotopic (exact) mass is 352 g/mol. The minimum Gasteiger partial charge on any atom is -0.258 e. The Kier molecular flexibility index (Phi) is 4.11. The highest BCUT2D eigenvalue weighted by Crippen LogP contribution is 2.51. The van der Waals surface area contributed by atoms with Gasteiger partial charge in [0.25, 0.3) is 0 Å². The van der Waals surface area contributed by atoms with Gasteiger partial charge >= 0.3 is 0 Å². The lowest BCUT2D eigenvalue weighted by atomic mass is 9.74. The van der Waals surface area contributed by atoms with Gasteiger partial charge in [0.15, 0.2) is 0 Å². The first-order valence-electron chi connectivity index (χ1n) is 9.22. The highest BCUT2D eigenvalue weighted by molar-refractivity contribution is 6.29. The summed E-state index contributed by atoms with van der Waals surface area (Å²) in [6.45, 7) is 8.85. The van der Waals surface area contributed by atoms with Crippen molar-refractivity contribution in [1.82, 2.24) is 0 Å². The average molecular weight is 353 g/mol. The zero-order valence-corrected chi connectivity index (χ0v) is 16.2. The predicted molar refractivity (Wildman–Crippen MR) is 107 cm³/mol. The number of hydrogen-bond acceptors (Lipinski definition) is 2. The van der Waals surface area contributed by atoms with E-state index in [2.05, 4.69) is 58.0 Å². The van der Waals surface area contributed by atoms with Crippen molar-refractivity contribution in [2.24, 2.45) is 10.9 Å². The van der Waals surface area contributed by atoms with E-state index in [1.165, 1.54) is 40.1 Å². The summed E-state index contributed by atoms with van der Waals surface area (Å²) >= 11 is 6.93. The van der Waals surface area contributed by atoms with Crippen LogP contribution in [0.5, 0.6) is 0 Å². The van der Waals surface area contributed by atoms with Crippen molar-refractivity contribution in [1.29, 1.82) is 0 Å². The minimum absolute atomic E-state index is 0.237. The molecule has 2 heterocycles. The van der Waals surface area contributed by atoms with Gasteiger partial charge in [0.2, 0.25) is 0 Å². The van der Waals surface area contributed by atoms with E-state index in [1.54, 1.807) is 0 Å². The zero-order valence-electron chi connectivity index (χ0n) is 15.4. The van der Waals surface area contributed by atoms with E-state index in [-0.39, 0.29) is 5.92 Å². The molecule has 0 aromatic heterocycles. The van der Waals surface area contributed by atoms with E-state index >= 15 is 0 Å². The van der Waals surface area contributed by atoms with Crippen LogP contribution in [0.1, 0.15) is 58.4 Å². The SMILES string of the molecule is CC=C1C2=C3CC(C)CCC3=N/C(C)=C(/C)C1c1ccccc1N2Cl. The molecular formula is C22H25ClN2. The van der Waals surface area contributed by atoms with Crippen LogP contribution >= 0.6 is 11.8 Å². The summed E-state index contributed by atoms with van der Waals surface area (Å²) in [5.41, 5.74) is 9.92. The number of aliphatic imine (C=N–C) groups is 1. The summed E-state index contributed by atoms with van der Waals surface area (Å²) in [4.78, 5) is 5.06. The molecule has 3 aliphatic rings. The molecule has 1 aliphatic carbocycles. The minimum atomic E-state index is 0.237. The Hall–Kier alpha value is -1.80. The first kappa shape index (κ1) is 16.7. The van der Waals surface area contributed by atoms with Crippen molar-refractivity contribution in [2.45, 2.75) is 52.9 Å². The molecule has 2 bridgehead atoms. The number of benzene rings is 1. The molecule has 1 saturated carbocycles. The Morgan fingerprint density at radius 2 is 2.00 bits per heavy atom. The molecule has 0 N–H and O–H groups in total. The summed E-state index contributed by atoms with van der Waals surface area (Å²) in [7, 11) is 0. The second-order valence-electron chi connectivity index (χ2n) is 7.52. The molecule has 0 radical (unpaired) electrons. The van der Waals surface area contributed by atoms with Crippen LogP contribution in [-0.4, -0.2) is 5.71 Å². The molecule has 0 amide bonds. The number of rotatable bonds is 0. The van der Waals surface area contributed by atoms with Crippen molar-refractivity contribution in [3.63, 3.8) is 0 Å². The second-order valence-corrected chi connectivity index (χ2v) is 7.86. The Balaban J connectivity index is 2.09. The Morgan fingerprint density at radius 3 is 2.76 bits per heavy atom. The summed E-state index contributed by atoms with van der Waals surface area (Å²) in [6, 6.07) is 8.51. The van der Waals surface area contributed by atoms with E-state index in [0.717, 1.165) is 24.2 Å². The smallest absolute Gasteiger partial charge is 0.0670 e. The number of hydrogen-bond donors (Lipinski definition) is 0. The van der Waals surface area contributed by atoms with Gasteiger partial charge in [-0.2, -0.15) is 0 Å². The number of anilines is 1. The van der Waals surface area contributed by atoms with Crippen molar-refractivity contribution >= 4 is 23.2 Å². The predicted octanol–water partition coefficient (Wildman–Crippen LogP) is 6.51. The molecule has 0 spiro atoms. The van der Waals surface area contributed by atoms with Crippen LogP contribution < -0.4 is 4.42 Å². The number of nitrogens with zero attached hydrogens (tertiary/aromatic N) is 2. The van der Waals surface area contributed by atoms with Gasteiger partial charge in [-0.25, -0.2) is 0 Å². The average Bonchev–Trinajstić information content (AvgIpc) is 2.61. The van der Waals surface area contributed by atoms with E-state index in [0.29, 0.717) is 5.92 Å². The summed E-state index contributed by atoms with van der Waals surface area (Å²) in [5, 5.41) is 0. The summed E-state index contributed by atoms with van der Waals surface area (Å²) < 4.78 is 1.89. The van der Waals surface area contributed by atoms with Gasteiger partial charge in [0, 0.05) is 29.1 Å². The molecule has 2 aliphatic heterocycles. The third kappa shape index (κ3) is 2.50. The fraction of sp³-hybridized carbons (Fsp3) is 0.409. The van der Waals surface area contributed by atoms with E-state index in [4.69, 9.17) is 16.8 Å². The highest BCUT2D eigenvalue weighted by atomic mass is 35.5. The van der Waals surface area contributed by atoms with Gasteiger partial charge in [0.1, 0.15) is 0 Å². The van der Waals surface area contributed by atoms with E-state index in [9.17, 15) is 0 Å². The first-order chi connectivity index (χ1) is 12.0. The highest BCUT2D eigenvalue weighted by Gasteiger charge is 2.38. The van der Waals surface area contributed by atoms with Crippen molar-refractivity contribution in [2.75, 3.05) is 4.42 Å². The normalized spacial score (nSPS) is 30.5. The molecule has 2 unspecified atom stereocenters. The number of allylic oxidation sites excluding steroid dienone is 5. The second kappa shape index (κ2) is 6.17. The number of halogens is 1. The van der Waals surface area contributed by atoms with Gasteiger partial charge in [-0.15, -0.1) is 0 Å². The lowest BCUT2D eigenvalue weighted by molar-refractivity contribution is 0.523. The van der Waals surface area contributed by atoms with Gasteiger partial charge < -0.3 is 0 Å². The Bertz CT molecular complexity index is 857. The molecule has 1 aromatic rings. The van der Waals surface area contributed by atoms with Gasteiger partial charge in [-0.05, 0) is 74.3 Å². The maximum Gasteiger partial charge on any atom is 0.0670 e. The van der Waals surface area contributed by atoms with Crippen LogP contribution in [0.15, 0.2) is 63.4 Å². The molecule has 1 fully saturated rings. The fourth-order valence-corrected chi connectivity index (χ4v) is 4.82. The van der Waals surface area contributed by atoms with Gasteiger partial charge in [-0.1, -0.05) is 31.2 Å². The molecular weight excluding hydrogens is 328 g/mol. The lowest BCUT2D eigenvalue weighted by Crippen LogP contribution is -2.31. The van der Waals surface area contributed by atoms with Crippen LogP contribution in [0.3, 0.4) is 0 Å². The lowest BCUT2D eigenvalue weighted by Gasteiger charge is -2.40. The molecule has 2 atom stereocenters. The summed E-state index contributed by atoms with van der Waals surface area (Å²) in [6.07, 6.45) is 5.54. The molecule has 1 aromatic carbocycles. The molecule has 2 nitrogen and oxygen atoms in total. The van der Waals surface area contributed by atoms with Crippen LogP contribution in [-0.2, 0) is 0 Å². The standard InChI is InChI=1S/C22H25ClN2/c1-5-16-21-14(3)15(4)24-19-11-10-13(2)12-18(19)22(16)25(23)20-9-7-6-8-17(20)21/h5-9,13,21H,10-12H2,1-4H3/b15-14-,16-5?,22-18?,24-19?. The van der Waals surface area contributed by atoms with Crippen LogP contribution in [0.25, 0.3) is 0 Å². The summed E-state index contributed by atoms with van der Waals surface area (Å²) in [5.74, 6) is 0.909. The maximum absolute atomic E-state index is 6.93. The topological polar surface area (TPSA) is 15.6 Å². The number of fused-ring (bicyclic) bond motifs is 5. The molecule has 4 rings (SSSR count). The third-order valence-electron chi connectivity index (χ3n) is 5.92. The van der Waals surface area contributed by atoms with E-state index in [1.807, 2.05) is 4.42 Å². The third-order valence-corrected chi connectivity index (χ3v) is 6.27. The number of para-hydroxylation sites is 1. The van der Waals surface area contributed by atoms with Crippen molar-refractivity contribution in [3.05, 3.63) is 64.0 Å². The fourth-order valence-electron chi connectivity index (χ4n) is 4.47. The molecule has 25 heavy (non-hydrogen) atoms. The van der Waals surface area contributed by atoms with Crippen LogP contribution in [0.4, 0.5) is 5.69 Å². The maximum atomic E-state index is 6.93. The molecule has 0 saturated heterocycles. The Labute approximate surface area is 155 Å². The van der Waals surface area contributed by atoms with Gasteiger partial charge in [-0.3, -0.25) is 9.41 Å². The van der Waals surface area contributed by atoms with Crippen LogP contribution in [0, 0.1) is 5.92 Å². The van der Waals surface area contributed by atoms with Crippen LogP contribution in [0.2, 0.25) is 0 Å². The van der Waals surface area contributed by atoms with E-state index < -0.39 is 0 Å².